The molecule has 1 fully saturated rings. The van der Waals surface area contributed by atoms with Gasteiger partial charge < -0.3 is 5.11 Å². The van der Waals surface area contributed by atoms with Crippen molar-refractivity contribution in [2.75, 3.05) is 6.54 Å². The zero-order valence-electron chi connectivity index (χ0n) is 8.14. The Bertz CT molecular complexity index is 423. The lowest BCUT2D eigenvalue weighted by atomic mass is 10.2. The number of nitrogens with one attached hydrogen (secondary N) is 2. The van der Waals surface area contributed by atoms with Gasteiger partial charge in [-0.3, -0.25) is 20.2 Å². The molecule has 1 saturated heterocycles. The largest absolute Gasteiger partial charge is 0.386 e. The maximum Gasteiger partial charge on any atom is 0.316 e. The maximum absolute atomic E-state index is 10.8. The summed E-state index contributed by atoms with van der Waals surface area (Å²) < 4.78 is 0. The molecular weight excluding hydrogens is 230 g/mol. The molecule has 2 amide bonds. The van der Waals surface area contributed by atoms with E-state index in [0.29, 0.717) is 0 Å². The fourth-order valence-electron chi connectivity index (χ4n) is 1.19. The van der Waals surface area contributed by atoms with Crippen LogP contribution in [0.15, 0.2) is 21.8 Å². The Balaban J connectivity index is 1.95. The number of aliphatic imine (C=N–C) groups is 1. The highest BCUT2D eigenvalue weighted by Gasteiger charge is 2.25. The van der Waals surface area contributed by atoms with Crippen LogP contribution >= 0.6 is 11.3 Å². The van der Waals surface area contributed by atoms with Gasteiger partial charge in [-0.15, -0.1) is 0 Å². The number of hydrogen-bond acceptors (Lipinski definition) is 5. The molecular formula is C9H9N3O3S. The highest BCUT2D eigenvalue weighted by molar-refractivity contribution is 7.07. The first-order valence-electron chi connectivity index (χ1n) is 4.54. The summed E-state index contributed by atoms with van der Waals surface area (Å²) in [6, 6.07) is 1.79. The molecule has 2 heterocycles. The van der Waals surface area contributed by atoms with Crippen molar-refractivity contribution in [2.45, 2.75) is 6.10 Å². The van der Waals surface area contributed by atoms with E-state index in [9.17, 15) is 14.7 Å². The van der Waals surface area contributed by atoms with Crippen LogP contribution in [0.4, 0.5) is 0 Å². The second-order valence-corrected chi connectivity index (χ2v) is 3.95. The van der Waals surface area contributed by atoms with Gasteiger partial charge in [0.1, 0.15) is 0 Å². The Kier molecular flexibility index (Phi) is 2.97. The van der Waals surface area contributed by atoms with E-state index in [4.69, 9.17) is 0 Å². The van der Waals surface area contributed by atoms with Gasteiger partial charge >= 0.3 is 11.8 Å². The number of rotatable bonds is 3. The summed E-state index contributed by atoms with van der Waals surface area (Å²) in [6.45, 7) is 0.0899. The van der Waals surface area contributed by atoms with Crippen molar-refractivity contribution in [3.8, 4) is 0 Å². The van der Waals surface area contributed by atoms with Crippen molar-refractivity contribution in [3.63, 3.8) is 0 Å². The van der Waals surface area contributed by atoms with Gasteiger partial charge in [0.25, 0.3) is 0 Å². The lowest BCUT2D eigenvalue weighted by Crippen LogP contribution is -2.26. The number of aliphatic hydroxyl groups excluding tert-OH is 1. The topological polar surface area (TPSA) is 90.8 Å². The van der Waals surface area contributed by atoms with Crippen LogP contribution in [0.2, 0.25) is 0 Å². The van der Waals surface area contributed by atoms with E-state index in [0.717, 1.165) is 5.56 Å². The third kappa shape index (κ3) is 2.26. The minimum absolute atomic E-state index is 0.0873. The molecule has 16 heavy (non-hydrogen) atoms. The molecule has 6 nitrogen and oxygen atoms in total. The van der Waals surface area contributed by atoms with Crippen molar-refractivity contribution in [2.24, 2.45) is 4.99 Å². The molecule has 1 aliphatic heterocycles. The molecule has 3 N–H and O–H groups in total. The summed E-state index contributed by atoms with van der Waals surface area (Å²) in [7, 11) is 0. The summed E-state index contributed by atoms with van der Waals surface area (Å²) in [5.41, 5.74) is 0.769. The number of hydrogen-bond donors (Lipinski definition) is 3. The third-order valence-electron chi connectivity index (χ3n) is 2.02. The Morgan fingerprint density at radius 3 is 2.62 bits per heavy atom. The van der Waals surface area contributed by atoms with Gasteiger partial charge in [0.15, 0.2) is 0 Å². The van der Waals surface area contributed by atoms with E-state index in [1.54, 1.807) is 6.07 Å². The van der Waals surface area contributed by atoms with Gasteiger partial charge in [0, 0.05) is 0 Å². The van der Waals surface area contributed by atoms with E-state index in [1.165, 1.54) is 11.3 Å². The Hall–Kier alpha value is -1.73. The molecule has 0 bridgehead atoms. The molecule has 2 rings (SSSR count). The Morgan fingerprint density at radius 2 is 2.06 bits per heavy atom. The minimum Gasteiger partial charge on any atom is -0.386 e. The number of aliphatic hydroxyl groups is 1. The molecule has 0 radical (unpaired) electrons. The molecule has 1 unspecified atom stereocenters. The zero-order chi connectivity index (χ0) is 11.5. The standard InChI is InChI=1S/C9H9N3O3S/c13-6(5-1-2-16-4-5)3-10-9-11-7(14)8(15)12-9/h1-2,4,6,13H,3H2,(H2,10,11,12,14,15). The zero-order valence-corrected chi connectivity index (χ0v) is 8.95. The van der Waals surface area contributed by atoms with Gasteiger partial charge in [-0.2, -0.15) is 11.3 Å². The number of nitrogens with zero attached hydrogens (tertiary/aromatic N) is 1. The van der Waals surface area contributed by atoms with E-state index in [-0.39, 0.29) is 12.5 Å². The normalized spacial score (nSPS) is 16.9. The highest BCUT2D eigenvalue weighted by Crippen LogP contribution is 2.16. The van der Waals surface area contributed by atoms with Crippen LogP contribution < -0.4 is 10.6 Å². The molecule has 1 aliphatic rings. The van der Waals surface area contributed by atoms with Crippen LogP contribution in [0.5, 0.6) is 0 Å². The average Bonchev–Trinajstić information content (AvgIpc) is 2.86. The van der Waals surface area contributed by atoms with Gasteiger partial charge in [-0.1, -0.05) is 0 Å². The lowest BCUT2D eigenvalue weighted by Gasteiger charge is -2.05. The van der Waals surface area contributed by atoms with Crippen molar-refractivity contribution < 1.29 is 14.7 Å². The lowest BCUT2D eigenvalue weighted by molar-refractivity contribution is -0.135. The summed E-state index contributed by atoms with van der Waals surface area (Å²) in [6.07, 6.45) is -0.729. The Labute approximate surface area is 95.0 Å². The number of thiophene rings is 1. The smallest absolute Gasteiger partial charge is 0.316 e. The van der Waals surface area contributed by atoms with Crippen LogP contribution in [0, 0.1) is 0 Å². The van der Waals surface area contributed by atoms with Crippen molar-refractivity contribution in [3.05, 3.63) is 22.4 Å². The molecule has 0 saturated carbocycles. The number of guanidine groups is 1. The van der Waals surface area contributed by atoms with Crippen LogP contribution in [-0.4, -0.2) is 29.4 Å². The molecule has 1 aromatic heterocycles. The van der Waals surface area contributed by atoms with Gasteiger partial charge in [-0.05, 0) is 22.4 Å². The monoisotopic (exact) mass is 239 g/mol. The maximum atomic E-state index is 10.8. The number of carbonyl (C=O) groups is 2. The minimum atomic E-state index is -0.733. The predicted octanol–water partition coefficient (Wildman–Crippen LogP) is -0.617. The molecule has 0 aliphatic carbocycles. The van der Waals surface area contributed by atoms with E-state index >= 15 is 0 Å². The van der Waals surface area contributed by atoms with Gasteiger partial charge in [-0.25, -0.2) is 4.99 Å². The first-order valence-corrected chi connectivity index (χ1v) is 5.48. The van der Waals surface area contributed by atoms with Crippen LogP contribution in [-0.2, 0) is 9.59 Å². The second kappa shape index (κ2) is 4.42. The molecule has 0 aromatic carbocycles. The van der Waals surface area contributed by atoms with Gasteiger partial charge in [0.2, 0.25) is 5.96 Å². The van der Waals surface area contributed by atoms with E-state index in [1.807, 2.05) is 10.8 Å². The average molecular weight is 239 g/mol. The molecule has 0 spiro atoms. The highest BCUT2D eigenvalue weighted by atomic mass is 32.1. The molecule has 1 atom stereocenters. The van der Waals surface area contributed by atoms with Crippen molar-refractivity contribution in [1.82, 2.24) is 10.6 Å². The Morgan fingerprint density at radius 1 is 1.38 bits per heavy atom. The fourth-order valence-corrected chi connectivity index (χ4v) is 1.89. The first-order chi connectivity index (χ1) is 7.66. The molecule has 1 aromatic rings. The van der Waals surface area contributed by atoms with Crippen LogP contribution in [0.25, 0.3) is 0 Å². The molecule has 84 valence electrons. The first kappa shape index (κ1) is 10.8. The predicted molar refractivity (Wildman–Crippen MR) is 57.9 cm³/mol. The molecule has 7 heteroatoms. The van der Waals surface area contributed by atoms with Gasteiger partial charge in [0.05, 0.1) is 12.6 Å². The second-order valence-electron chi connectivity index (χ2n) is 3.17. The van der Waals surface area contributed by atoms with Crippen LogP contribution in [0.1, 0.15) is 11.7 Å². The van der Waals surface area contributed by atoms with Crippen molar-refractivity contribution in [1.29, 1.82) is 0 Å². The summed E-state index contributed by atoms with van der Waals surface area (Å²) in [5.74, 6) is -1.38. The summed E-state index contributed by atoms with van der Waals surface area (Å²) >= 11 is 1.48. The number of carbonyl (C=O) groups excluding carboxylic acids is 2. The third-order valence-corrected chi connectivity index (χ3v) is 2.72. The quantitative estimate of drug-likeness (QED) is 0.614. The summed E-state index contributed by atoms with van der Waals surface area (Å²) in [4.78, 5) is 25.5. The summed E-state index contributed by atoms with van der Waals surface area (Å²) in [5, 5.41) is 17.8. The van der Waals surface area contributed by atoms with E-state index in [2.05, 4.69) is 15.6 Å². The fraction of sp³-hybridized carbons (Fsp3) is 0.222. The van der Waals surface area contributed by atoms with Crippen molar-refractivity contribution >= 4 is 29.1 Å². The van der Waals surface area contributed by atoms with Crippen LogP contribution in [0.3, 0.4) is 0 Å². The number of amides is 2. The van der Waals surface area contributed by atoms with E-state index < -0.39 is 17.9 Å². The SMILES string of the molecule is O=C1NC(=NCC(O)c2ccsc2)NC1=O.